The molecule has 2 atom stereocenters. The summed E-state index contributed by atoms with van der Waals surface area (Å²) in [6.45, 7) is 8.20. The zero-order valence-electron chi connectivity index (χ0n) is 13.9. The zero-order valence-corrected chi connectivity index (χ0v) is 13.9. The maximum absolute atomic E-state index is 12.3. The summed E-state index contributed by atoms with van der Waals surface area (Å²) in [6.07, 6.45) is 3.02. The van der Waals surface area contributed by atoms with Crippen LogP contribution in [-0.2, 0) is 0 Å². The number of ether oxygens (including phenoxy) is 1. The number of rotatable bonds is 6. The third kappa shape index (κ3) is 5.34. The third-order valence-corrected chi connectivity index (χ3v) is 4.04. The Kier molecular flexibility index (Phi) is 6.25. The van der Waals surface area contributed by atoms with E-state index in [-0.39, 0.29) is 11.9 Å². The summed E-state index contributed by atoms with van der Waals surface area (Å²) in [5.41, 5.74) is 0.697. The van der Waals surface area contributed by atoms with Crippen LogP contribution in [0.25, 0.3) is 0 Å². The summed E-state index contributed by atoms with van der Waals surface area (Å²) < 4.78 is 5.68. The Hall–Kier alpha value is -1.55. The Labute approximate surface area is 133 Å². The average molecular weight is 304 g/mol. The van der Waals surface area contributed by atoms with Gasteiger partial charge < -0.3 is 15.4 Å². The average Bonchev–Trinajstić information content (AvgIpc) is 2.47. The van der Waals surface area contributed by atoms with Gasteiger partial charge in [0, 0.05) is 17.6 Å². The summed E-state index contributed by atoms with van der Waals surface area (Å²) in [5.74, 6) is 1.47. The first-order chi connectivity index (χ1) is 10.5. The SMILES string of the molecule is CC(C)CCOc1ccc(C(=O)NC2CCNC(C)C2)cc1. The molecule has 1 aromatic carbocycles. The molecule has 22 heavy (non-hydrogen) atoms. The van der Waals surface area contributed by atoms with E-state index >= 15 is 0 Å². The number of piperidine rings is 1. The molecule has 0 bridgehead atoms. The Balaban J connectivity index is 1.82. The van der Waals surface area contributed by atoms with Crippen molar-refractivity contribution in [3.63, 3.8) is 0 Å². The van der Waals surface area contributed by atoms with Crippen LogP contribution < -0.4 is 15.4 Å². The molecule has 0 aromatic heterocycles. The van der Waals surface area contributed by atoms with E-state index in [1.54, 1.807) is 0 Å². The minimum absolute atomic E-state index is 0.00725. The van der Waals surface area contributed by atoms with Gasteiger partial charge in [0.2, 0.25) is 0 Å². The summed E-state index contributed by atoms with van der Waals surface area (Å²) in [7, 11) is 0. The van der Waals surface area contributed by atoms with Crippen molar-refractivity contribution in [2.45, 2.75) is 52.1 Å². The molecule has 2 N–H and O–H groups in total. The molecule has 4 heteroatoms. The van der Waals surface area contributed by atoms with Crippen LogP contribution in [0, 0.1) is 5.92 Å². The molecule has 4 nitrogen and oxygen atoms in total. The predicted octanol–water partition coefficient (Wildman–Crippen LogP) is 2.98. The van der Waals surface area contributed by atoms with E-state index in [1.165, 1.54) is 0 Å². The number of amides is 1. The van der Waals surface area contributed by atoms with Crippen molar-refractivity contribution in [3.05, 3.63) is 29.8 Å². The lowest BCUT2D eigenvalue weighted by Gasteiger charge is -2.28. The van der Waals surface area contributed by atoms with Crippen LogP contribution in [0.1, 0.15) is 50.4 Å². The van der Waals surface area contributed by atoms with Crippen molar-refractivity contribution >= 4 is 5.91 Å². The van der Waals surface area contributed by atoms with Crippen molar-refractivity contribution < 1.29 is 9.53 Å². The van der Waals surface area contributed by atoms with Gasteiger partial charge in [-0.2, -0.15) is 0 Å². The molecule has 1 heterocycles. The molecule has 0 saturated carbocycles. The first-order valence-corrected chi connectivity index (χ1v) is 8.31. The van der Waals surface area contributed by atoms with Crippen LogP contribution in [0.2, 0.25) is 0 Å². The molecule has 1 saturated heterocycles. The van der Waals surface area contributed by atoms with Crippen LogP contribution in [0.5, 0.6) is 5.75 Å². The van der Waals surface area contributed by atoms with E-state index in [0.29, 0.717) is 17.5 Å². The lowest BCUT2D eigenvalue weighted by molar-refractivity contribution is 0.0925. The van der Waals surface area contributed by atoms with Gasteiger partial charge in [0.05, 0.1) is 6.61 Å². The molecule has 1 fully saturated rings. The highest BCUT2D eigenvalue weighted by molar-refractivity contribution is 5.94. The summed E-state index contributed by atoms with van der Waals surface area (Å²) in [4.78, 5) is 12.3. The van der Waals surface area contributed by atoms with E-state index in [1.807, 2.05) is 24.3 Å². The first-order valence-electron chi connectivity index (χ1n) is 8.31. The molecular weight excluding hydrogens is 276 g/mol. The Bertz CT molecular complexity index is 470. The normalized spacial score (nSPS) is 21.6. The van der Waals surface area contributed by atoms with Gasteiger partial charge >= 0.3 is 0 Å². The molecule has 1 aliphatic heterocycles. The van der Waals surface area contributed by atoms with Crippen molar-refractivity contribution in [1.29, 1.82) is 0 Å². The van der Waals surface area contributed by atoms with Gasteiger partial charge in [-0.1, -0.05) is 13.8 Å². The van der Waals surface area contributed by atoms with Gasteiger partial charge in [-0.25, -0.2) is 0 Å². The summed E-state index contributed by atoms with van der Waals surface area (Å²) in [5, 5.41) is 6.52. The number of nitrogens with one attached hydrogen (secondary N) is 2. The van der Waals surface area contributed by atoms with Crippen molar-refractivity contribution in [1.82, 2.24) is 10.6 Å². The fourth-order valence-electron chi connectivity index (χ4n) is 2.65. The largest absolute Gasteiger partial charge is 0.494 e. The highest BCUT2D eigenvalue weighted by Crippen LogP contribution is 2.14. The maximum Gasteiger partial charge on any atom is 0.251 e. The summed E-state index contributed by atoms with van der Waals surface area (Å²) in [6, 6.07) is 8.16. The number of hydrogen-bond acceptors (Lipinski definition) is 3. The minimum Gasteiger partial charge on any atom is -0.494 e. The van der Waals surface area contributed by atoms with E-state index in [4.69, 9.17) is 4.74 Å². The second kappa shape index (κ2) is 8.18. The molecule has 1 aromatic rings. The smallest absolute Gasteiger partial charge is 0.251 e. The highest BCUT2D eigenvalue weighted by Gasteiger charge is 2.20. The van der Waals surface area contributed by atoms with Crippen molar-refractivity contribution in [2.24, 2.45) is 5.92 Å². The monoisotopic (exact) mass is 304 g/mol. The minimum atomic E-state index is 0.00725. The molecular formula is C18H28N2O2. The molecule has 122 valence electrons. The molecule has 0 radical (unpaired) electrons. The fraction of sp³-hybridized carbons (Fsp3) is 0.611. The molecule has 2 rings (SSSR count). The number of carbonyl (C=O) groups excluding carboxylic acids is 1. The van der Waals surface area contributed by atoms with Crippen LogP contribution in [0.3, 0.4) is 0 Å². The fourth-order valence-corrected chi connectivity index (χ4v) is 2.65. The van der Waals surface area contributed by atoms with Crippen molar-refractivity contribution in [3.8, 4) is 5.75 Å². The van der Waals surface area contributed by atoms with Crippen LogP contribution in [0.15, 0.2) is 24.3 Å². The zero-order chi connectivity index (χ0) is 15.9. The Morgan fingerprint density at radius 1 is 1.36 bits per heavy atom. The van der Waals surface area contributed by atoms with E-state index in [0.717, 1.165) is 38.2 Å². The second-order valence-corrected chi connectivity index (χ2v) is 6.61. The topological polar surface area (TPSA) is 50.4 Å². The lowest BCUT2D eigenvalue weighted by atomic mass is 10.0. The summed E-state index contributed by atoms with van der Waals surface area (Å²) >= 11 is 0. The molecule has 1 amide bonds. The molecule has 0 aliphatic carbocycles. The second-order valence-electron chi connectivity index (χ2n) is 6.61. The number of benzene rings is 1. The van der Waals surface area contributed by atoms with Crippen molar-refractivity contribution in [2.75, 3.05) is 13.2 Å². The number of hydrogen-bond donors (Lipinski definition) is 2. The van der Waals surface area contributed by atoms with Gasteiger partial charge in [0.25, 0.3) is 5.91 Å². The van der Waals surface area contributed by atoms with Gasteiger partial charge in [0.1, 0.15) is 5.75 Å². The van der Waals surface area contributed by atoms with E-state index in [9.17, 15) is 4.79 Å². The third-order valence-electron chi connectivity index (χ3n) is 4.04. The maximum atomic E-state index is 12.3. The number of carbonyl (C=O) groups is 1. The lowest BCUT2D eigenvalue weighted by Crippen LogP contribution is -2.46. The molecule has 1 aliphatic rings. The Morgan fingerprint density at radius 2 is 2.09 bits per heavy atom. The van der Waals surface area contributed by atoms with Gasteiger partial charge in [-0.3, -0.25) is 4.79 Å². The molecule has 2 unspecified atom stereocenters. The van der Waals surface area contributed by atoms with Gasteiger partial charge in [-0.15, -0.1) is 0 Å². The quantitative estimate of drug-likeness (QED) is 0.849. The standard InChI is InChI=1S/C18H28N2O2/c1-13(2)9-11-22-17-6-4-15(5-7-17)18(21)20-16-8-10-19-14(3)12-16/h4-7,13-14,16,19H,8-12H2,1-3H3,(H,20,21). The van der Waals surface area contributed by atoms with E-state index < -0.39 is 0 Å². The van der Waals surface area contributed by atoms with Gasteiger partial charge in [0.15, 0.2) is 0 Å². The molecule has 0 spiro atoms. The first kappa shape index (κ1) is 16.8. The predicted molar refractivity (Wildman–Crippen MR) is 89.3 cm³/mol. The van der Waals surface area contributed by atoms with Crippen LogP contribution in [-0.4, -0.2) is 31.1 Å². The van der Waals surface area contributed by atoms with E-state index in [2.05, 4.69) is 31.4 Å². The van der Waals surface area contributed by atoms with Crippen LogP contribution >= 0.6 is 0 Å². The van der Waals surface area contributed by atoms with Crippen LogP contribution in [0.4, 0.5) is 0 Å². The highest BCUT2D eigenvalue weighted by atomic mass is 16.5. The van der Waals surface area contributed by atoms with Gasteiger partial charge in [-0.05, 0) is 62.9 Å². The Morgan fingerprint density at radius 3 is 2.73 bits per heavy atom.